The molecule has 2 aromatic rings. The minimum Gasteiger partial charge on any atom is -0.226 e. The van der Waals surface area contributed by atoms with Crippen molar-refractivity contribution in [3.05, 3.63) is 58.7 Å². The third kappa shape index (κ3) is 116. The standard InChI is InChI=1S/C18H20.32Y/c1-5-15-7-9-17(11-13(15)3)18-10-8-16(6-2)14(4)12-18;;;;;;;;;;;;;;;;;;;;;;;;;;;;;;;;/h7-8,11-12H,5-6H2,1-4H3;;;;;;;;;;;;;;;;;;;;;;;;;;;;;;;;/q-2;;;;;;;;;;;;;;;;;;;;;;;;;;;;;;;;. The van der Waals surface area contributed by atoms with Gasteiger partial charge >= 0.3 is 0 Å². The fourth-order valence-corrected chi connectivity index (χ4v) is 2.33. The average molecular weight is 3080 g/mol. The van der Waals surface area contributed by atoms with Crippen molar-refractivity contribution in [3.8, 4) is 11.1 Å². The van der Waals surface area contributed by atoms with E-state index in [2.05, 4.69) is 64.1 Å². The van der Waals surface area contributed by atoms with Gasteiger partial charge in [0.25, 0.3) is 0 Å². The minimum atomic E-state index is 0. The van der Waals surface area contributed by atoms with E-state index in [9.17, 15) is 0 Å². The van der Waals surface area contributed by atoms with Gasteiger partial charge in [0.05, 0.1) is 0 Å². The first-order valence-electron chi connectivity index (χ1n) is 6.68. The van der Waals surface area contributed by atoms with Crippen molar-refractivity contribution in [1.82, 2.24) is 0 Å². The van der Waals surface area contributed by atoms with Crippen LogP contribution in [0, 0.1) is 26.0 Å². The van der Waals surface area contributed by atoms with Gasteiger partial charge in [0.1, 0.15) is 0 Å². The van der Waals surface area contributed by atoms with Crippen molar-refractivity contribution in [3.63, 3.8) is 0 Å². The van der Waals surface area contributed by atoms with Gasteiger partial charge in [0, 0.05) is 1050 Å². The molecule has 0 nitrogen and oxygen atoms in total. The van der Waals surface area contributed by atoms with Crippen LogP contribution in [0.15, 0.2) is 24.3 Å². The summed E-state index contributed by atoms with van der Waals surface area (Å²) < 4.78 is 0. The summed E-state index contributed by atoms with van der Waals surface area (Å²) in [6.07, 6.45) is 2.14. The van der Waals surface area contributed by atoms with E-state index in [0.717, 1.165) is 24.0 Å². The molecule has 0 atom stereocenters. The van der Waals surface area contributed by atoms with Crippen LogP contribution in [0.3, 0.4) is 0 Å². The number of rotatable bonds is 3. The maximum absolute atomic E-state index is 3.38. The second-order valence-electron chi connectivity index (χ2n) is 4.82. The van der Waals surface area contributed by atoms with E-state index in [1.165, 1.54) is 22.3 Å². The van der Waals surface area contributed by atoms with E-state index in [-0.39, 0.29) is 1050 Å². The van der Waals surface area contributed by atoms with Gasteiger partial charge in [-0.2, -0.15) is 36.4 Å². The number of benzene rings is 2. The SMILES string of the molecule is CCc1c[c-]c(-c2[c-]cc(CC)c(C)c2)cc1C.[Y].[Y].[Y].[Y].[Y].[Y].[Y].[Y].[Y].[Y].[Y].[Y].[Y].[Y].[Y].[Y].[Y].[Y].[Y].[Y].[Y].[Y].[Y].[Y].[Y].[Y].[Y].[Y].[Y].[Y].[Y].[Y]. The zero-order valence-electron chi connectivity index (χ0n) is 30.2. The van der Waals surface area contributed by atoms with Crippen molar-refractivity contribution in [2.45, 2.75) is 40.5 Å². The molecule has 2 rings (SSSR count). The smallest absolute Gasteiger partial charge is 0 e. The molecular formula is C18H20Y32-2. The Balaban J connectivity index is -0.00000000389. The first kappa shape index (κ1) is 206. The van der Waals surface area contributed by atoms with Gasteiger partial charge in [-0.25, -0.2) is 11.1 Å². The Morgan fingerprint density at radius 1 is 0.300 bits per heavy atom. The Hall–Kier alpha value is 33.8. The summed E-state index contributed by atoms with van der Waals surface area (Å²) in [4.78, 5) is 0. The molecule has 0 saturated heterocycles. The second kappa shape index (κ2) is 155. The van der Waals surface area contributed by atoms with Crippen LogP contribution in [-0.4, -0.2) is 0 Å². The molecule has 0 amide bonds. The van der Waals surface area contributed by atoms with E-state index in [0.29, 0.717) is 0 Å². The molecule has 0 spiro atoms. The molecule has 0 bridgehead atoms. The molecule has 32 heteroatoms. The van der Waals surface area contributed by atoms with Crippen molar-refractivity contribution in [2.24, 2.45) is 0 Å². The summed E-state index contributed by atoms with van der Waals surface area (Å²) in [6, 6.07) is 15.4. The van der Waals surface area contributed by atoms with Crippen molar-refractivity contribution >= 4 is 0 Å². The van der Waals surface area contributed by atoms with Crippen LogP contribution in [0.2, 0.25) is 0 Å². The minimum absolute atomic E-state index is 0. The van der Waals surface area contributed by atoms with Crippen molar-refractivity contribution in [2.75, 3.05) is 0 Å². The van der Waals surface area contributed by atoms with Crippen LogP contribution in [0.4, 0.5) is 0 Å². The zero-order valence-corrected chi connectivity index (χ0v) is 121. The van der Waals surface area contributed by atoms with Gasteiger partial charge in [-0.15, -0.1) is 22.3 Å². The number of aryl methyl sites for hydroxylation is 4. The van der Waals surface area contributed by atoms with E-state index >= 15 is 0 Å². The predicted molar refractivity (Wildman–Crippen MR) is 77.8 cm³/mol. The van der Waals surface area contributed by atoms with Crippen LogP contribution >= 0.6 is 0 Å². The quantitative estimate of drug-likeness (QED) is 0.395. The maximum Gasteiger partial charge on any atom is 0 e. The van der Waals surface area contributed by atoms with Gasteiger partial charge in [0.2, 0.25) is 0 Å². The molecule has 32 radical (unpaired) electrons. The predicted octanol–water partition coefficient (Wildman–Crippen LogP) is 4.62. The van der Waals surface area contributed by atoms with E-state index in [1.54, 1.807) is 0 Å². The van der Waals surface area contributed by atoms with Gasteiger partial charge in [0.15, 0.2) is 0 Å². The molecule has 0 N–H and O–H groups in total. The Labute approximate surface area is 1110 Å². The number of hydrogen-bond acceptors (Lipinski definition) is 0. The molecule has 190 valence electrons. The first-order valence-corrected chi connectivity index (χ1v) is 6.68. The molecule has 0 aliphatic heterocycles. The third-order valence-corrected chi connectivity index (χ3v) is 3.59. The first-order chi connectivity index (χ1) is 8.65. The molecule has 0 heterocycles. The van der Waals surface area contributed by atoms with Crippen LogP contribution in [0.25, 0.3) is 11.1 Å². The Morgan fingerprint density at radius 2 is 0.440 bits per heavy atom. The molecule has 0 saturated carbocycles. The normalized spacial score (nSPS) is 3.84. The Morgan fingerprint density at radius 3 is 0.540 bits per heavy atom. The summed E-state index contributed by atoms with van der Waals surface area (Å²) in [6.45, 7) is 8.71. The Bertz CT molecular complexity index is 546. The van der Waals surface area contributed by atoms with Crippen molar-refractivity contribution < 1.29 is 1050 Å². The van der Waals surface area contributed by atoms with Crippen LogP contribution in [0.1, 0.15) is 36.1 Å². The topological polar surface area (TPSA) is 0 Å². The monoisotopic (exact) mass is 3080 g/mol. The molecule has 0 aliphatic rings. The molecule has 50 heavy (non-hydrogen) atoms. The summed E-state index contributed by atoms with van der Waals surface area (Å²) in [7, 11) is 0. The van der Waals surface area contributed by atoms with Crippen LogP contribution in [-0.2, 0) is 1060 Å². The fraction of sp³-hybridized carbons (Fsp3) is 0.333. The summed E-state index contributed by atoms with van der Waals surface area (Å²) in [5.74, 6) is 0. The van der Waals surface area contributed by atoms with E-state index in [1.807, 2.05) is 0 Å². The average Bonchev–Trinajstić information content (AvgIpc) is 2.38. The van der Waals surface area contributed by atoms with Gasteiger partial charge in [-0.3, -0.25) is 0 Å². The molecule has 0 aromatic heterocycles. The summed E-state index contributed by atoms with van der Waals surface area (Å²) in [5, 5.41) is 0. The van der Waals surface area contributed by atoms with Crippen LogP contribution < -0.4 is 0 Å². The van der Waals surface area contributed by atoms with Crippen molar-refractivity contribution in [1.29, 1.82) is 0 Å². The second-order valence-corrected chi connectivity index (χ2v) is 4.82. The molecule has 0 aliphatic carbocycles. The van der Waals surface area contributed by atoms with Gasteiger partial charge in [-0.1, -0.05) is 40.5 Å². The van der Waals surface area contributed by atoms with Gasteiger partial charge < -0.3 is 0 Å². The summed E-state index contributed by atoms with van der Waals surface area (Å²) in [5.41, 5.74) is 7.74. The Kier molecular flexibility index (Phi) is 639. The largest absolute Gasteiger partial charge is 0.226 e. The fourth-order valence-electron chi connectivity index (χ4n) is 2.33. The van der Waals surface area contributed by atoms with E-state index < -0.39 is 0 Å². The maximum atomic E-state index is 3.38. The van der Waals surface area contributed by atoms with E-state index in [4.69, 9.17) is 0 Å². The van der Waals surface area contributed by atoms with Crippen LogP contribution in [0.5, 0.6) is 0 Å². The van der Waals surface area contributed by atoms with Gasteiger partial charge in [-0.05, 0) is 0 Å². The molecular weight excluding hydrogens is 3060 g/mol. The number of hydrogen-bond donors (Lipinski definition) is 0. The third-order valence-electron chi connectivity index (χ3n) is 3.59. The molecule has 2 aromatic carbocycles. The zero-order chi connectivity index (χ0) is 13.1. The molecule has 0 fully saturated rings. The molecule has 0 unspecified atom stereocenters. The summed E-state index contributed by atoms with van der Waals surface area (Å²) >= 11 is 0.